The Balaban J connectivity index is 2.26. The van der Waals surface area contributed by atoms with Crippen LogP contribution in [0, 0.1) is 6.92 Å². The van der Waals surface area contributed by atoms with Crippen molar-refractivity contribution in [2.75, 3.05) is 20.3 Å². The third-order valence-corrected chi connectivity index (χ3v) is 4.97. The summed E-state index contributed by atoms with van der Waals surface area (Å²) in [6.45, 7) is 3.56. The van der Waals surface area contributed by atoms with Crippen LogP contribution in [0.4, 0.5) is 0 Å². The molecule has 0 amide bonds. The molecule has 0 bridgehead atoms. The first kappa shape index (κ1) is 14.5. The molecule has 5 nitrogen and oxygen atoms in total. The molecular weight excluding hydrogens is 264 g/mol. The molecule has 2 rings (SSSR count). The van der Waals surface area contributed by atoms with Crippen LogP contribution in [-0.2, 0) is 21.3 Å². The zero-order valence-corrected chi connectivity index (χ0v) is 12.1. The summed E-state index contributed by atoms with van der Waals surface area (Å²) in [5.74, 6) is 0. The fraction of sp³-hybridized carbons (Fsp3) is 0.538. The molecule has 1 aliphatic heterocycles. The molecule has 6 heteroatoms. The number of hydrogen-bond donors (Lipinski definition) is 2. The van der Waals surface area contributed by atoms with Gasteiger partial charge >= 0.3 is 0 Å². The first-order chi connectivity index (χ1) is 9.04. The van der Waals surface area contributed by atoms with Crippen LogP contribution in [0.2, 0.25) is 0 Å². The Morgan fingerprint density at radius 3 is 2.84 bits per heavy atom. The van der Waals surface area contributed by atoms with Gasteiger partial charge < -0.3 is 10.1 Å². The van der Waals surface area contributed by atoms with Gasteiger partial charge in [-0.15, -0.1) is 0 Å². The lowest BCUT2D eigenvalue weighted by Gasteiger charge is -2.15. The standard InChI is InChI=1S/C13H20N2O3S/c1-10-11(8-14-2)4-3-5-13(10)19(16,17)15-12-6-7-18-9-12/h3-5,12,14-15H,6-9H2,1-2H3. The Labute approximate surface area is 114 Å². The van der Waals surface area contributed by atoms with Crippen molar-refractivity contribution in [3.63, 3.8) is 0 Å². The minimum Gasteiger partial charge on any atom is -0.380 e. The summed E-state index contributed by atoms with van der Waals surface area (Å²) in [6.07, 6.45) is 0.731. The smallest absolute Gasteiger partial charge is 0.241 e. The molecule has 1 aromatic carbocycles. The summed E-state index contributed by atoms with van der Waals surface area (Å²) >= 11 is 0. The largest absolute Gasteiger partial charge is 0.380 e. The van der Waals surface area contributed by atoms with Crippen molar-refractivity contribution in [1.29, 1.82) is 0 Å². The molecule has 1 saturated heterocycles. The van der Waals surface area contributed by atoms with Crippen molar-refractivity contribution >= 4 is 10.0 Å². The molecule has 1 atom stereocenters. The van der Waals surface area contributed by atoms with Gasteiger partial charge in [0.1, 0.15) is 0 Å². The Hall–Kier alpha value is -0.950. The van der Waals surface area contributed by atoms with E-state index in [4.69, 9.17) is 4.74 Å². The fourth-order valence-electron chi connectivity index (χ4n) is 2.24. The maximum absolute atomic E-state index is 12.4. The van der Waals surface area contributed by atoms with E-state index in [9.17, 15) is 8.42 Å². The second-order valence-electron chi connectivity index (χ2n) is 4.75. The molecule has 1 fully saturated rings. The summed E-state index contributed by atoms with van der Waals surface area (Å²) in [5.41, 5.74) is 1.79. The van der Waals surface area contributed by atoms with Crippen molar-refractivity contribution in [1.82, 2.24) is 10.0 Å². The summed E-state index contributed by atoms with van der Waals surface area (Å²) in [6, 6.07) is 5.24. The molecule has 1 unspecified atom stereocenters. The van der Waals surface area contributed by atoms with E-state index in [0.717, 1.165) is 17.5 Å². The number of hydrogen-bond acceptors (Lipinski definition) is 4. The highest BCUT2D eigenvalue weighted by Crippen LogP contribution is 2.20. The monoisotopic (exact) mass is 284 g/mol. The second kappa shape index (κ2) is 6.00. The van der Waals surface area contributed by atoms with E-state index in [1.165, 1.54) is 0 Å². The van der Waals surface area contributed by atoms with Gasteiger partial charge in [-0.3, -0.25) is 0 Å². The molecule has 0 spiro atoms. The number of nitrogens with one attached hydrogen (secondary N) is 2. The lowest BCUT2D eigenvalue weighted by Crippen LogP contribution is -2.35. The van der Waals surface area contributed by atoms with Crippen LogP contribution in [0.1, 0.15) is 17.5 Å². The lowest BCUT2D eigenvalue weighted by atomic mass is 10.1. The van der Waals surface area contributed by atoms with Gasteiger partial charge in [0.25, 0.3) is 0 Å². The number of sulfonamides is 1. The van der Waals surface area contributed by atoms with Crippen LogP contribution in [0.15, 0.2) is 23.1 Å². The van der Waals surface area contributed by atoms with E-state index in [1.54, 1.807) is 12.1 Å². The zero-order valence-electron chi connectivity index (χ0n) is 11.3. The number of benzene rings is 1. The van der Waals surface area contributed by atoms with Gasteiger partial charge in [0.15, 0.2) is 0 Å². The minimum absolute atomic E-state index is 0.114. The van der Waals surface area contributed by atoms with Gasteiger partial charge in [0, 0.05) is 19.2 Å². The molecule has 2 N–H and O–H groups in total. The zero-order chi connectivity index (χ0) is 13.9. The second-order valence-corrected chi connectivity index (χ2v) is 6.43. The molecule has 0 radical (unpaired) electrons. The van der Waals surface area contributed by atoms with Gasteiger partial charge in [-0.05, 0) is 37.6 Å². The van der Waals surface area contributed by atoms with E-state index in [0.29, 0.717) is 24.7 Å². The Morgan fingerprint density at radius 2 is 2.21 bits per heavy atom. The van der Waals surface area contributed by atoms with E-state index in [1.807, 2.05) is 20.0 Å². The highest BCUT2D eigenvalue weighted by molar-refractivity contribution is 7.89. The van der Waals surface area contributed by atoms with Crippen LogP contribution in [-0.4, -0.2) is 34.7 Å². The van der Waals surface area contributed by atoms with Crippen molar-refractivity contribution in [2.24, 2.45) is 0 Å². The summed E-state index contributed by atoms with van der Waals surface area (Å²) in [5, 5.41) is 3.04. The maximum atomic E-state index is 12.4. The Morgan fingerprint density at radius 1 is 1.42 bits per heavy atom. The molecule has 1 aliphatic rings. The first-order valence-electron chi connectivity index (χ1n) is 6.38. The van der Waals surface area contributed by atoms with Gasteiger partial charge in [-0.2, -0.15) is 0 Å². The van der Waals surface area contributed by atoms with E-state index in [-0.39, 0.29) is 6.04 Å². The van der Waals surface area contributed by atoms with Gasteiger partial charge in [-0.1, -0.05) is 12.1 Å². The summed E-state index contributed by atoms with van der Waals surface area (Å²) in [7, 11) is -1.63. The van der Waals surface area contributed by atoms with E-state index >= 15 is 0 Å². The predicted molar refractivity (Wildman–Crippen MR) is 73.5 cm³/mol. The maximum Gasteiger partial charge on any atom is 0.241 e. The minimum atomic E-state index is -3.47. The molecule has 1 aromatic rings. The summed E-state index contributed by atoms with van der Waals surface area (Å²) < 4.78 is 32.7. The van der Waals surface area contributed by atoms with Crippen LogP contribution >= 0.6 is 0 Å². The number of rotatable bonds is 5. The van der Waals surface area contributed by atoms with E-state index < -0.39 is 10.0 Å². The van der Waals surface area contributed by atoms with Crippen LogP contribution in [0.25, 0.3) is 0 Å². The molecule has 0 aliphatic carbocycles. The molecule has 19 heavy (non-hydrogen) atoms. The SMILES string of the molecule is CNCc1cccc(S(=O)(=O)NC2CCOC2)c1C. The van der Waals surface area contributed by atoms with Crippen molar-refractivity contribution in [3.8, 4) is 0 Å². The van der Waals surface area contributed by atoms with Gasteiger partial charge in [0.2, 0.25) is 10.0 Å². The highest BCUT2D eigenvalue weighted by Gasteiger charge is 2.25. The van der Waals surface area contributed by atoms with Crippen LogP contribution in [0.5, 0.6) is 0 Å². The fourth-order valence-corrected chi connectivity index (χ4v) is 3.79. The van der Waals surface area contributed by atoms with Gasteiger partial charge in [0.05, 0.1) is 11.5 Å². The van der Waals surface area contributed by atoms with E-state index in [2.05, 4.69) is 10.0 Å². The molecule has 0 aromatic heterocycles. The Kier molecular flexibility index (Phi) is 4.57. The summed E-state index contributed by atoms with van der Waals surface area (Å²) in [4.78, 5) is 0.354. The molecular formula is C13H20N2O3S. The van der Waals surface area contributed by atoms with Gasteiger partial charge in [-0.25, -0.2) is 13.1 Å². The normalized spacial score (nSPS) is 19.8. The van der Waals surface area contributed by atoms with Crippen molar-refractivity contribution in [3.05, 3.63) is 29.3 Å². The average Bonchev–Trinajstić information content (AvgIpc) is 2.84. The van der Waals surface area contributed by atoms with Crippen LogP contribution in [0.3, 0.4) is 0 Å². The molecule has 1 heterocycles. The first-order valence-corrected chi connectivity index (χ1v) is 7.86. The highest BCUT2D eigenvalue weighted by atomic mass is 32.2. The van der Waals surface area contributed by atoms with Crippen LogP contribution < -0.4 is 10.0 Å². The topological polar surface area (TPSA) is 67.4 Å². The predicted octanol–water partition coefficient (Wildman–Crippen LogP) is 0.782. The molecule has 106 valence electrons. The Bertz CT molecular complexity index is 537. The lowest BCUT2D eigenvalue weighted by molar-refractivity contribution is 0.192. The average molecular weight is 284 g/mol. The van der Waals surface area contributed by atoms with Crippen molar-refractivity contribution in [2.45, 2.75) is 30.8 Å². The van der Waals surface area contributed by atoms with Crippen molar-refractivity contribution < 1.29 is 13.2 Å². The third-order valence-electron chi connectivity index (χ3n) is 3.30. The third kappa shape index (κ3) is 3.33. The molecule has 0 saturated carbocycles. The quantitative estimate of drug-likeness (QED) is 0.838. The number of ether oxygens (including phenoxy) is 1.